The van der Waals surface area contributed by atoms with Crippen molar-refractivity contribution in [2.45, 2.75) is 0 Å². The second-order valence-corrected chi connectivity index (χ2v) is 4.88. The molecule has 0 aromatic carbocycles. The van der Waals surface area contributed by atoms with Crippen molar-refractivity contribution in [1.82, 2.24) is 0 Å². The molecule has 0 aromatic rings. The van der Waals surface area contributed by atoms with Gasteiger partial charge in [-0.25, -0.2) is 8.37 Å². The first-order valence-corrected chi connectivity index (χ1v) is 7.16. The van der Waals surface area contributed by atoms with Crippen molar-refractivity contribution in [3.8, 4) is 0 Å². The van der Waals surface area contributed by atoms with Crippen molar-refractivity contribution in [3.05, 3.63) is 0 Å². The molecule has 0 spiro atoms. The fourth-order valence-electron chi connectivity index (χ4n) is 0.301. The van der Waals surface area contributed by atoms with Gasteiger partial charge in [0.15, 0.2) is 0 Å². The topological polar surface area (TPSA) is 52.6 Å². The third kappa shape index (κ3) is 7.68. The van der Waals surface area contributed by atoms with E-state index in [0.717, 1.165) is 0 Å². The summed E-state index contributed by atoms with van der Waals surface area (Å²) in [6.45, 7) is 0.342. The highest BCUT2D eigenvalue weighted by Crippen LogP contribution is 1.97. The van der Waals surface area contributed by atoms with Gasteiger partial charge in [0.2, 0.25) is 0 Å². The maximum absolute atomic E-state index is 10.7. The molecular weight excluding hydrogens is 398 g/mol. The third-order valence-electron chi connectivity index (χ3n) is 0.610. The maximum Gasteiger partial charge on any atom is 0.399 e. The summed E-state index contributed by atoms with van der Waals surface area (Å²) in [4.78, 5) is 0. The van der Waals surface area contributed by atoms with Crippen LogP contribution in [0.3, 0.4) is 0 Å². The molecule has 7 heteroatoms. The van der Waals surface area contributed by atoms with Crippen LogP contribution in [0.4, 0.5) is 0 Å². The minimum atomic E-state index is -3.72. The fraction of sp³-hybridized carbons (Fsp3) is 1.00. The van der Waals surface area contributed by atoms with E-state index in [0.29, 0.717) is 8.86 Å². The van der Waals surface area contributed by atoms with Crippen molar-refractivity contribution >= 4 is 55.6 Å². The van der Waals surface area contributed by atoms with Crippen molar-refractivity contribution in [2.75, 3.05) is 22.1 Å². The van der Waals surface area contributed by atoms with Crippen LogP contribution in [0.1, 0.15) is 0 Å². The van der Waals surface area contributed by atoms with Gasteiger partial charge in [-0.15, -0.1) is 0 Å². The summed E-state index contributed by atoms with van der Waals surface area (Å²) in [7, 11) is -3.72. The molecule has 0 saturated heterocycles. The molecule has 0 aliphatic carbocycles. The second-order valence-electron chi connectivity index (χ2n) is 1.43. The Morgan fingerprint density at radius 1 is 1.00 bits per heavy atom. The second kappa shape index (κ2) is 6.80. The Labute approximate surface area is 93.6 Å². The van der Waals surface area contributed by atoms with Crippen LogP contribution in [-0.4, -0.2) is 30.5 Å². The minimum absolute atomic E-state index is 0.171. The zero-order valence-corrected chi connectivity index (χ0v) is 10.8. The third-order valence-corrected chi connectivity index (χ3v) is 2.40. The number of halogens is 2. The molecule has 0 aliphatic rings. The van der Waals surface area contributed by atoms with Gasteiger partial charge < -0.3 is 0 Å². The normalized spacial score (nSPS) is 11.8. The lowest BCUT2D eigenvalue weighted by molar-refractivity contribution is 0.235. The van der Waals surface area contributed by atoms with Crippen LogP contribution in [0.2, 0.25) is 0 Å². The van der Waals surface area contributed by atoms with E-state index >= 15 is 0 Å². The van der Waals surface area contributed by atoms with E-state index in [1.54, 1.807) is 0 Å². The highest BCUT2D eigenvalue weighted by molar-refractivity contribution is 14.1. The molecule has 11 heavy (non-hydrogen) atoms. The molecule has 0 amide bonds. The Kier molecular flexibility index (Phi) is 7.63. The highest BCUT2D eigenvalue weighted by atomic mass is 127. The molecule has 0 aliphatic heterocycles. The summed E-state index contributed by atoms with van der Waals surface area (Å²) >= 11 is 4.04. The summed E-state index contributed by atoms with van der Waals surface area (Å²) < 4.78 is 31.5. The van der Waals surface area contributed by atoms with E-state index in [1.807, 2.05) is 45.2 Å². The van der Waals surface area contributed by atoms with Gasteiger partial charge in [-0.2, -0.15) is 8.42 Å². The SMILES string of the molecule is O=S(=O)(OCCI)OCCI. The minimum Gasteiger partial charge on any atom is -0.247 e. The standard InChI is InChI=1S/C4H8I2O4S/c5-1-3-9-11(7,8)10-4-2-6/h1-4H2. The van der Waals surface area contributed by atoms with Gasteiger partial charge >= 0.3 is 10.4 Å². The lowest BCUT2D eigenvalue weighted by Gasteiger charge is -2.01. The van der Waals surface area contributed by atoms with Crippen LogP contribution < -0.4 is 0 Å². The molecule has 0 radical (unpaired) electrons. The Morgan fingerprint density at radius 2 is 1.36 bits per heavy atom. The molecule has 0 fully saturated rings. The van der Waals surface area contributed by atoms with Crippen LogP contribution in [-0.2, 0) is 18.8 Å². The van der Waals surface area contributed by atoms with Gasteiger partial charge in [-0.1, -0.05) is 45.2 Å². The summed E-state index contributed by atoms with van der Waals surface area (Å²) in [5, 5.41) is 0. The van der Waals surface area contributed by atoms with Crippen molar-refractivity contribution in [3.63, 3.8) is 0 Å². The summed E-state index contributed by atoms with van der Waals surface area (Å²) in [5.74, 6) is 0. The molecule has 0 bridgehead atoms. The lowest BCUT2D eigenvalue weighted by Crippen LogP contribution is -2.12. The zero-order valence-electron chi connectivity index (χ0n) is 5.63. The van der Waals surface area contributed by atoms with Crippen molar-refractivity contribution < 1.29 is 16.8 Å². The molecule has 0 unspecified atom stereocenters. The van der Waals surface area contributed by atoms with Gasteiger partial charge in [0.1, 0.15) is 0 Å². The molecule has 0 aromatic heterocycles. The monoisotopic (exact) mass is 406 g/mol. The van der Waals surface area contributed by atoms with E-state index in [1.165, 1.54) is 0 Å². The van der Waals surface area contributed by atoms with Crippen LogP contribution in [0.15, 0.2) is 0 Å². The van der Waals surface area contributed by atoms with Crippen LogP contribution in [0.25, 0.3) is 0 Å². The van der Waals surface area contributed by atoms with Gasteiger partial charge in [-0.3, -0.25) is 0 Å². The van der Waals surface area contributed by atoms with E-state index in [9.17, 15) is 8.42 Å². The first kappa shape index (κ1) is 12.3. The number of rotatable bonds is 6. The molecule has 0 heterocycles. The molecular formula is C4H8I2O4S. The predicted octanol–water partition coefficient (Wildman–Crippen LogP) is 1.13. The summed E-state index contributed by atoms with van der Waals surface area (Å²) in [6, 6.07) is 0. The zero-order chi connectivity index (χ0) is 8.74. The Bertz CT molecular complexity index is 165. The molecule has 0 N–H and O–H groups in total. The fourth-order valence-corrected chi connectivity index (χ4v) is 1.98. The van der Waals surface area contributed by atoms with E-state index in [-0.39, 0.29) is 13.2 Å². The van der Waals surface area contributed by atoms with E-state index in [2.05, 4.69) is 8.37 Å². The van der Waals surface area contributed by atoms with E-state index in [4.69, 9.17) is 0 Å². The van der Waals surface area contributed by atoms with Crippen LogP contribution in [0, 0.1) is 0 Å². The highest BCUT2D eigenvalue weighted by Gasteiger charge is 2.09. The van der Waals surface area contributed by atoms with Gasteiger partial charge in [-0.05, 0) is 0 Å². The predicted molar refractivity (Wildman–Crippen MR) is 58.6 cm³/mol. The van der Waals surface area contributed by atoms with Gasteiger partial charge in [0, 0.05) is 8.86 Å². The molecule has 4 nitrogen and oxygen atoms in total. The number of alkyl halides is 2. The average Bonchev–Trinajstić information content (AvgIpc) is 1.97. The van der Waals surface area contributed by atoms with E-state index < -0.39 is 10.4 Å². The average molecular weight is 406 g/mol. The maximum atomic E-state index is 10.7. The van der Waals surface area contributed by atoms with Crippen molar-refractivity contribution in [1.29, 1.82) is 0 Å². The first-order valence-electron chi connectivity index (χ1n) is 2.78. The van der Waals surface area contributed by atoms with Crippen LogP contribution >= 0.6 is 45.2 Å². The summed E-state index contributed by atoms with van der Waals surface area (Å²) in [6.07, 6.45) is 0. The molecule has 0 atom stereocenters. The van der Waals surface area contributed by atoms with Gasteiger partial charge in [0.05, 0.1) is 13.2 Å². The summed E-state index contributed by atoms with van der Waals surface area (Å²) in [5.41, 5.74) is 0. The Morgan fingerprint density at radius 3 is 1.64 bits per heavy atom. The number of hydrogen-bond donors (Lipinski definition) is 0. The first-order chi connectivity index (χ1) is 5.12. The molecule has 68 valence electrons. The quantitative estimate of drug-likeness (QED) is 0.491. The van der Waals surface area contributed by atoms with Gasteiger partial charge in [0.25, 0.3) is 0 Å². The molecule has 0 saturated carbocycles. The number of hydrogen-bond acceptors (Lipinski definition) is 4. The smallest absolute Gasteiger partial charge is 0.247 e. The molecule has 0 rings (SSSR count). The van der Waals surface area contributed by atoms with Crippen molar-refractivity contribution in [2.24, 2.45) is 0 Å². The lowest BCUT2D eigenvalue weighted by atomic mass is 10.9. The largest absolute Gasteiger partial charge is 0.399 e. The Balaban J connectivity index is 3.63. The Hall–Kier alpha value is 1.33. The van der Waals surface area contributed by atoms with Crippen LogP contribution in [0.5, 0.6) is 0 Å².